The molecular weight excluding hydrogens is 256 g/mol. The van der Waals surface area contributed by atoms with Crippen molar-refractivity contribution in [2.75, 3.05) is 0 Å². The van der Waals surface area contributed by atoms with E-state index in [4.69, 9.17) is 18.9 Å². The summed E-state index contributed by atoms with van der Waals surface area (Å²) in [5.74, 6) is -0.602. The molecular formula is C16H20O4. The lowest BCUT2D eigenvalue weighted by molar-refractivity contribution is -0.231. The molecule has 0 aromatic heterocycles. The number of hydrogen-bond donors (Lipinski definition) is 0. The molecule has 0 unspecified atom stereocenters. The molecule has 0 radical (unpaired) electrons. The molecule has 2 saturated heterocycles. The van der Waals surface area contributed by atoms with Crippen molar-refractivity contribution in [2.24, 2.45) is 0 Å². The summed E-state index contributed by atoms with van der Waals surface area (Å²) in [5.41, 5.74) is 1.10. The maximum atomic E-state index is 5.89. The lowest BCUT2D eigenvalue weighted by atomic mass is 10.1. The number of ether oxygens (including phenoxy) is 4. The topological polar surface area (TPSA) is 36.9 Å². The van der Waals surface area contributed by atoms with E-state index in [2.05, 4.69) is 6.58 Å². The zero-order chi connectivity index (χ0) is 14.2. The number of hydrogen-bond acceptors (Lipinski definition) is 4. The Morgan fingerprint density at radius 1 is 1.20 bits per heavy atom. The van der Waals surface area contributed by atoms with Crippen LogP contribution in [0.2, 0.25) is 0 Å². The Kier molecular flexibility index (Phi) is 3.65. The van der Waals surface area contributed by atoms with Gasteiger partial charge < -0.3 is 18.9 Å². The summed E-state index contributed by atoms with van der Waals surface area (Å²) >= 11 is 0. The van der Waals surface area contributed by atoms with Gasteiger partial charge in [0.15, 0.2) is 12.1 Å². The molecule has 108 valence electrons. The van der Waals surface area contributed by atoms with Gasteiger partial charge in [-0.2, -0.15) is 0 Å². The molecule has 4 heteroatoms. The maximum absolute atomic E-state index is 5.89. The van der Waals surface area contributed by atoms with E-state index in [0.29, 0.717) is 6.61 Å². The second kappa shape index (κ2) is 5.30. The molecule has 0 N–H and O–H groups in total. The quantitative estimate of drug-likeness (QED) is 0.792. The van der Waals surface area contributed by atoms with Gasteiger partial charge in [0.25, 0.3) is 0 Å². The Hall–Kier alpha value is -1.20. The molecule has 2 fully saturated rings. The molecule has 20 heavy (non-hydrogen) atoms. The summed E-state index contributed by atoms with van der Waals surface area (Å²) in [4.78, 5) is 0. The monoisotopic (exact) mass is 276 g/mol. The first-order valence-electron chi connectivity index (χ1n) is 6.88. The van der Waals surface area contributed by atoms with Crippen LogP contribution < -0.4 is 0 Å². The minimum atomic E-state index is -0.602. The number of rotatable bonds is 4. The Labute approximate surface area is 119 Å². The predicted octanol–water partition coefficient (Wildman–Crippen LogP) is 2.63. The normalized spacial score (nSPS) is 34.9. The predicted molar refractivity (Wildman–Crippen MR) is 73.9 cm³/mol. The molecule has 2 aliphatic heterocycles. The van der Waals surface area contributed by atoms with E-state index in [1.54, 1.807) is 6.08 Å². The van der Waals surface area contributed by atoms with Crippen molar-refractivity contribution in [3.63, 3.8) is 0 Å². The van der Waals surface area contributed by atoms with Crippen molar-refractivity contribution in [1.82, 2.24) is 0 Å². The van der Waals surface area contributed by atoms with Crippen LogP contribution in [-0.2, 0) is 25.6 Å². The zero-order valence-corrected chi connectivity index (χ0v) is 11.8. The summed E-state index contributed by atoms with van der Waals surface area (Å²) in [6.45, 7) is 8.08. The highest BCUT2D eigenvalue weighted by Gasteiger charge is 2.54. The van der Waals surface area contributed by atoms with E-state index in [1.807, 2.05) is 44.2 Å². The van der Waals surface area contributed by atoms with Crippen molar-refractivity contribution in [2.45, 2.75) is 50.8 Å². The fourth-order valence-corrected chi connectivity index (χ4v) is 2.67. The van der Waals surface area contributed by atoms with Gasteiger partial charge in [-0.05, 0) is 19.4 Å². The SMILES string of the molecule is C=C[C@H]1O[C@H](OCc2ccccc2)[C@H]2OC(C)(C)O[C@H]21. The largest absolute Gasteiger partial charge is 0.345 e. The van der Waals surface area contributed by atoms with Gasteiger partial charge in [-0.15, -0.1) is 6.58 Å². The van der Waals surface area contributed by atoms with Crippen LogP contribution in [0.3, 0.4) is 0 Å². The lowest BCUT2D eigenvalue weighted by Crippen LogP contribution is -2.31. The van der Waals surface area contributed by atoms with Crippen molar-refractivity contribution in [1.29, 1.82) is 0 Å². The third kappa shape index (κ3) is 2.65. The van der Waals surface area contributed by atoms with Crippen molar-refractivity contribution >= 4 is 0 Å². The smallest absolute Gasteiger partial charge is 0.187 e. The van der Waals surface area contributed by atoms with Crippen LogP contribution in [0.4, 0.5) is 0 Å². The third-order valence-electron chi connectivity index (χ3n) is 3.54. The van der Waals surface area contributed by atoms with E-state index in [-0.39, 0.29) is 18.3 Å². The van der Waals surface area contributed by atoms with Crippen LogP contribution >= 0.6 is 0 Å². The van der Waals surface area contributed by atoms with E-state index in [1.165, 1.54) is 0 Å². The summed E-state index contributed by atoms with van der Waals surface area (Å²) in [6, 6.07) is 10.0. The molecule has 0 amide bonds. The summed E-state index contributed by atoms with van der Waals surface area (Å²) in [7, 11) is 0. The van der Waals surface area contributed by atoms with E-state index >= 15 is 0 Å². The number of fused-ring (bicyclic) bond motifs is 1. The highest BCUT2D eigenvalue weighted by atomic mass is 16.8. The lowest BCUT2D eigenvalue weighted by Gasteiger charge is -2.23. The Morgan fingerprint density at radius 2 is 1.90 bits per heavy atom. The third-order valence-corrected chi connectivity index (χ3v) is 3.54. The first-order valence-corrected chi connectivity index (χ1v) is 6.88. The van der Waals surface area contributed by atoms with E-state index in [9.17, 15) is 0 Å². The molecule has 4 nitrogen and oxygen atoms in total. The summed E-state index contributed by atoms with van der Waals surface area (Å²) in [6.07, 6.45) is 0.765. The van der Waals surface area contributed by atoms with Gasteiger partial charge in [-0.1, -0.05) is 36.4 Å². The van der Waals surface area contributed by atoms with Crippen molar-refractivity contribution in [3.8, 4) is 0 Å². The summed E-state index contributed by atoms with van der Waals surface area (Å²) in [5, 5.41) is 0. The summed E-state index contributed by atoms with van der Waals surface area (Å²) < 4.78 is 23.4. The average molecular weight is 276 g/mol. The van der Waals surface area contributed by atoms with Crippen molar-refractivity contribution < 1.29 is 18.9 Å². The van der Waals surface area contributed by atoms with Gasteiger partial charge in [0.2, 0.25) is 0 Å². The van der Waals surface area contributed by atoms with Crippen LogP contribution in [0.25, 0.3) is 0 Å². The second-order valence-corrected chi connectivity index (χ2v) is 5.57. The van der Waals surface area contributed by atoms with E-state index in [0.717, 1.165) is 5.56 Å². The molecule has 1 aromatic carbocycles. The van der Waals surface area contributed by atoms with Gasteiger partial charge in [-0.25, -0.2) is 0 Å². The molecule has 0 saturated carbocycles. The Bertz CT molecular complexity index is 471. The molecule has 0 aliphatic carbocycles. The molecule has 2 aliphatic rings. The molecule has 0 bridgehead atoms. The minimum absolute atomic E-state index is 0.150. The van der Waals surface area contributed by atoms with Crippen LogP contribution in [0.15, 0.2) is 43.0 Å². The fraction of sp³-hybridized carbons (Fsp3) is 0.500. The molecule has 0 spiro atoms. The average Bonchev–Trinajstić information content (AvgIpc) is 2.91. The second-order valence-electron chi connectivity index (χ2n) is 5.57. The van der Waals surface area contributed by atoms with Gasteiger partial charge in [0.1, 0.15) is 18.3 Å². The zero-order valence-electron chi connectivity index (χ0n) is 11.8. The minimum Gasteiger partial charge on any atom is -0.345 e. The van der Waals surface area contributed by atoms with Crippen LogP contribution in [0.5, 0.6) is 0 Å². The van der Waals surface area contributed by atoms with E-state index < -0.39 is 12.1 Å². The van der Waals surface area contributed by atoms with Gasteiger partial charge in [0.05, 0.1) is 6.61 Å². The van der Waals surface area contributed by atoms with Gasteiger partial charge in [-0.3, -0.25) is 0 Å². The maximum Gasteiger partial charge on any atom is 0.187 e. The van der Waals surface area contributed by atoms with Crippen LogP contribution in [-0.4, -0.2) is 30.4 Å². The van der Waals surface area contributed by atoms with Crippen molar-refractivity contribution in [3.05, 3.63) is 48.6 Å². The fourth-order valence-electron chi connectivity index (χ4n) is 2.67. The highest BCUT2D eigenvalue weighted by Crippen LogP contribution is 2.39. The van der Waals surface area contributed by atoms with Gasteiger partial charge >= 0.3 is 0 Å². The van der Waals surface area contributed by atoms with Gasteiger partial charge in [0, 0.05) is 0 Å². The molecule has 1 aromatic rings. The Morgan fingerprint density at radius 3 is 2.60 bits per heavy atom. The number of benzene rings is 1. The molecule has 3 rings (SSSR count). The first kappa shape index (κ1) is 13.8. The highest BCUT2D eigenvalue weighted by molar-refractivity contribution is 5.13. The molecule has 4 atom stereocenters. The van der Waals surface area contributed by atoms with Crippen LogP contribution in [0, 0.1) is 0 Å². The first-order chi connectivity index (χ1) is 9.59. The Balaban J connectivity index is 1.66. The standard InChI is InChI=1S/C16H20O4/c1-4-12-13-14(20-16(2,3)19-13)15(18-12)17-10-11-8-6-5-7-9-11/h4-9,12-15H,1,10H2,2-3H3/t12-,13+,14+,15+/m1/s1. The molecule has 2 heterocycles. The van der Waals surface area contributed by atoms with Crippen LogP contribution in [0.1, 0.15) is 19.4 Å².